The molecule has 9 heteroatoms. The average molecular weight is 385 g/mol. The lowest BCUT2D eigenvalue weighted by atomic mass is 10.2. The summed E-state index contributed by atoms with van der Waals surface area (Å²) in [7, 11) is 1.65. The lowest BCUT2D eigenvalue weighted by Crippen LogP contribution is -2.04. The molecular weight excluding hydrogens is 370 g/mol. The van der Waals surface area contributed by atoms with E-state index in [9.17, 15) is 0 Å². The van der Waals surface area contributed by atoms with Gasteiger partial charge in [0.25, 0.3) is 0 Å². The third kappa shape index (κ3) is 3.78. The number of tetrazole rings is 1. The molecule has 0 saturated carbocycles. The molecule has 132 valence electrons. The Morgan fingerprint density at radius 1 is 1.23 bits per heavy atom. The molecule has 0 unspecified atom stereocenters. The monoisotopic (exact) mass is 385 g/mol. The Labute approximate surface area is 158 Å². The number of rotatable bonds is 7. The van der Waals surface area contributed by atoms with Crippen LogP contribution in [0, 0.1) is 0 Å². The van der Waals surface area contributed by atoms with Crippen molar-refractivity contribution in [3.05, 3.63) is 59.1 Å². The van der Waals surface area contributed by atoms with Crippen LogP contribution in [0.2, 0.25) is 0 Å². The van der Waals surface area contributed by atoms with Crippen LogP contribution in [0.5, 0.6) is 5.75 Å². The number of hydrogen-bond acceptors (Lipinski definition) is 8. The minimum atomic E-state index is 0.596. The van der Waals surface area contributed by atoms with Crippen molar-refractivity contribution in [1.29, 1.82) is 0 Å². The van der Waals surface area contributed by atoms with E-state index in [4.69, 9.17) is 9.26 Å². The molecule has 4 rings (SSSR count). The van der Waals surface area contributed by atoms with Crippen LogP contribution in [0.4, 0.5) is 0 Å². The maximum atomic E-state index is 5.40. The highest BCUT2D eigenvalue weighted by atomic mass is 32.2. The van der Waals surface area contributed by atoms with Crippen molar-refractivity contribution in [2.45, 2.75) is 17.5 Å². The maximum Gasteiger partial charge on any atom is 0.210 e. The molecule has 0 N–H and O–H groups in total. The summed E-state index contributed by atoms with van der Waals surface area (Å²) in [5, 5.41) is 18.8. The van der Waals surface area contributed by atoms with Crippen LogP contribution in [0.3, 0.4) is 0 Å². The van der Waals surface area contributed by atoms with E-state index in [2.05, 4.69) is 20.7 Å². The lowest BCUT2D eigenvalue weighted by Gasteiger charge is -2.05. The van der Waals surface area contributed by atoms with Crippen molar-refractivity contribution in [3.63, 3.8) is 0 Å². The molecule has 7 nitrogen and oxygen atoms in total. The van der Waals surface area contributed by atoms with Crippen LogP contribution in [-0.2, 0) is 12.3 Å². The van der Waals surface area contributed by atoms with E-state index in [-0.39, 0.29) is 0 Å². The van der Waals surface area contributed by atoms with Gasteiger partial charge >= 0.3 is 0 Å². The van der Waals surface area contributed by atoms with Gasteiger partial charge in [-0.15, -0.1) is 16.4 Å². The molecule has 0 spiro atoms. The van der Waals surface area contributed by atoms with Gasteiger partial charge in [-0.25, -0.2) is 4.68 Å². The molecule has 0 amide bonds. The Kier molecular flexibility index (Phi) is 4.98. The molecule has 0 aliphatic carbocycles. The Bertz CT molecular complexity index is 963. The molecule has 1 aromatic carbocycles. The summed E-state index contributed by atoms with van der Waals surface area (Å²) in [6.07, 6.45) is 0. The standard InChI is InChI=1S/C17H15N5O2S2/c1-23-14-6-4-12(5-7-14)10-22-17(18-20-21-22)26-11-13-9-15(24-19-13)16-3-2-8-25-16/h2-9H,10-11H2,1H3. The van der Waals surface area contributed by atoms with Crippen LogP contribution in [0.1, 0.15) is 11.3 Å². The number of hydrogen-bond donors (Lipinski definition) is 0. The first-order valence-corrected chi connectivity index (χ1v) is 9.70. The zero-order valence-corrected chi connectivity index (χ0v) is 15.5. The van der Waals surface area contributed by atoms with Gasteiger partial charge in [0, 0.05) is 11.8 Å². The molecule has 0 atom stereocenters. The topological polar surface area (TPSA) is 78.9 Å². The molecule has 0 bridgehead atoms. The SMILES string of the molecule is COc1ccc(Cn2nnnc2SCc2cc(-c3cccs3)on2)cc1. The number of thiophene rings is 1. The van der Waals surface area contributed by atoms with Crippen LogP contribution in [0.15, 0.2) is 57.5 Å². The van der Waals surface area contributed by atoms with Crippen molar-refractivity contribution in [3.8, 4) is 16.4 Å². The summed E-state index contributed by atoms with van der Waals surface area (Å²) in [6, 6.07) is 13.8. The van der Waals surface area contributed by atoms with E-state index in [1.807, 2.05) is 47.8 Å². The van der Waals surface area contributed by atoms with Gasteiger partial charge < -0.3 is 9.26 Å². The fourth-order valence-corrected chi connectivity index (χ4v) is 3.79. The van der Waals surface area contributed by atoms with Crippen molar-refractivity contribution in [2.75, 3.05) is 7.11 Å². The lowest BCUT2D eigenvalue weighted by molar-refractivity contribution is 0.414. The summed E-state index contributed by atoms with van der Waals surface area (Å²) in [4.78, 5) is 1.07. The van der Waals surface area contributed by atoms with Gasteiger partial charge in [-0.05, 0) is 39.6 Å². The van der Waals surface area contributed by atoms with Gasteiger partial charge in [-0.2, -0.15) is 0 Å². The number of nitrogens with zero attached hydrogens (tertiary/aromatic N) is 5. The Morgan fingerprint density at radius 3 is 2.88 bits per heavy atom. The zero-order valence-electron chi connectivity index (χ0n) is 13.9. The van der Waals surface area contributed by atoms with Crippen molar-refractivity contribution in [1.82, 2.24) is 25.4 Å². The van der Waals surface area contributed by atoms with Crippen molar-refractivity contribution < 1.29 is 9.26 Å². The van der Waals surface area contributed by atoms with E-state index in [1.54, 1.807) is 23.1 Å². The summed E-state index contributed by atoms with van der Waals surface area (Å²) < 4.78 is 12.4. The first kappa shape index (κ1) is 16.8. The van der Waals surface area contributed by atoms with E-state index >= 15 is 0 Å². The van der Waals surface area contributed by atoms with Gasteiger partial charge in [0.15, 0.2) is 5.76 Å². The second-order valence-electron chi connectivity index (χ2n) is 5.42. The fraction of sp³-hybridized carbons (Fsp3) is 0.176. The van der Waals surface area contributed by atoms with E-state index in [0.29, 0.717) is 12.3 Å². The van der Waals surface area contributed by atoms with Gasteiger partial charge in [-0.3, -0.25) is 0 Å². The smallest absolute Gasteiger partial charge is 0.210 e. The summed E-state index contributed by atoms with van der Waals surface area (Å²) in [5.41, 5.74) is 1.96. The van der Waals surface area contributed by atoms with Gasteiger partial charge in [-0.1, -0.05) is 35.1 Å². The molecule has 0 aliphatic rings. The highest BCUT2D eigenvalue weighted by Crippen LogP contribution is 2.27. The number of thioether (sulfide) groups is 1. The maximum absolute atomic E-state index is 5.40. The average Bonchev–Trinajstić information content (AvgIpc) is 3.42. The van der Waals surface area contributed by atoms with Crippen LogP contribution >= 0.6 is 23.1 Å². The number of ether oxygens (including phenoxy) is 1. The number of benzene rings is 1. The van der Waals surface area contributed by atoms with Crippen LogP contribution in [-0.4, -0.2) is 32.5 Å². The zero-order chi connectivity index (χ0) is 17.8. The van der Waals surface area contributed by atoms with E-state index in [0.717, 1.165) is 32.8 Å². The Hall–Kier alpha value is -2.65. The normalized spacial score (nSPS) is 11.0. The van der Waals surface area contributed by atoms with E-state index < -0.39 is 0 Å². The quantitative estimate of drug-likeness (QED) is 0.448. The first-order valence-electron chi connectivity index (χ1n) is 7.83. The second-order valence-corrected chi connectivity index (χ2v) is 7.31. The number of methoxy groups -OCH3 is 1. The highest BCUT2D eigenvalue weighted by Gasteiger charge is 2.12. The number of aromatic nitrogens is 5. The predicted molar refractivity (Wildman–Crippen MR) is 99.3 cm³/mol. The Morgan fingerprint density at radius 2 is 2.12 bits per heavy atom. The van der Waals surface area contributed by atoms with Crippen LogP contribution in [0.25, 0.3) is 10.6 Å². The largest absolute Gasteiger partial charge is 0.497 e. The molecule has 3 heterocycles. The van der Waals surface area contributed by atoms with E-state index in [1.165, 1.54) is 11.8 Å². The minimum absolute atomic E-state index is 0.596. The summed E-state index contributed by atoms with van der Waals surface area (Å²) in [6.45, 7) is 0.596. The van der Waals surface area contributed by atoms with Crippen molar-refractivity contribution >= 4 is 23.1 Å². The van der Waals surface area contributed by atoms with Gasteiger partial charge in [0.2, 0.25) is 5.16 Å². The van der Waals surface area contributed by atoms with Crippen LogP contribution < -0.4 is 4.74 Å². The second kappa shape index (κ2) is 7.71. The Balaban J connectivity index is 1.41. The minimum Gasteiger partial charge on any atom is -0.497 e. The third-order valence-corrected chi connectivity index (χ3v) is 5.54. The van der Waals surface area contributed by atoms with Crippen molar-refractivity contribution in [2.24, 2.45) is 0 Å². The molecule has 26 heavy (non-hydrogen) atoms. The molecule has 3 aromatic heterocycles. The summed E-state index contributed by atoms with van der Waals surface area (Å²) >= 11 is 3.15. The highest BCUT2D eigenvalue weighted by molar-refractivity contribution is 7.98. The molecule has 0 radical (unpaired) electrons. The molecule has 4 aromatic rings. The molecule has 0 aliphatic heterocycles. The van der Waals surface area contributed by atoms with Gasteiger partial charge in [0.1, 0.15) is 5.75 Å². The molecular formula is C17H15N5O2S2. The predicted octanol–water partition coefficient (Wildman–Crippen LogP) is 3.74. The fourth-order valence-electron chi connectivity index (χ4n) is 2.36. The third-order valence-electron chi connectivity index (χ3n) is 3.66. The van der Waals surface area contributed by atoms with Gasteiger partial charge in [0.05, 0.1) is 24.2 Å². The summed E-state index contributed by atoms with van der Waals surface area (Å²) in [5.74, 6) is 2.25. The molecule has 0 saturated heterocycles. The first-order chi connectivity index (χ1) is 12.8. The molecule has 0 fully saturated rings.